The van der Waals surface area contributed by atoms with Crippen molar-refractivity contribution >= 4 is 0 Å². The van der Waals surface area contributed by atoms with Gasteiger partial charge in [0.1, 0.15) is 23.4 Å². The van der Waals surface area contributed by atoms with Gasteiger partial charge in [0.15, 0.2) is 0 Å². The lowest BCUT2D eigenvalue weighted by Gasteiger charge is -2.31. The van der Waals surface area contributed by atoms with Gasteiger partial charge in [-0.3, -0.25) is 0 Å². The Labute approximate surface area is 123 Å². The van der Waals surface area contributed by atoms with Gasteiger partial charge in [-0.1, -0.05) is 6.07 Å². The van der Waals surface area contributed by atoms with Crippen LogP contribution >= 0.6 is 0 Å². The van der Waals surface area contributed by atoms with Crippen molar-refractivity contribution in [1.82, 2.24) is 0 Å². The largest absolute Gasteiger partial charge is 0.497 e. The lowest BCUT2D eigenvalue weighted by molar-refractivity contribution is 0.153. The van der Waals surface area contributed by atoms with Crippen molar-refractivity contribution in [3.8, 4) is 11.5 Å². The summed E-state index contributed by atoms with van der Waals surface area (Å²) in [6.45, 7) is 0. The standard InChI is InChI=1S/C17H18FNO2/c1-20-14-7-8-15-11(10-14)2-9-16(17(15)19)21-13-5-3-12(18)4-6-13/h3-8,10,16-17H,2,9,19H2,1H3. The van der Waals surface area contributed by atoms with Gasteiger partial charge in [-0.25, -0.2) is 4.39 Å². The second kappa shape index (κ2) is 5.74. The number of nitrogens with two attached hydrogens (primary N) is 1. The van der Waals surface area contributed by atoms with Gasteiger partial charge in [0, 0.05) is 0 Å². The minimum atomic E-state index is -0.271. The summed E-state index contributed by atoms with van der Waals surface area (Å²) < 4.78 is 24.1. The molecule has 1 aliphatic carbocycles. The summed E-state index contributed by atoms with van der Waals surface area (Å²) in [4.78, 5) is 0. The third-order valence-electron chi connectivity index (χ3n) is 3.91. The molecule has 0 bridgehead atoms. The molecule has 2 atom stereocenters. The predicted molar refractivity (Wildman–Crippen MR) is 79.1 cm³/mol. The van der Waals surface area contributed by atoms with Crippen LogP contribution in [0.15, 0.2) is 42.5 Å². The number of hydrogen-bond donors (Lipinski definition) is 1. The fourth-order valence-corrected chi connectivity index (χ4v) is 2.75. The fraction of sp³-hybridized carbons (Fsp3) is 0.294. The molecule has 0 saturated heterocycles. The van der Waals surface area contributed by atoms with Crippen molar-refractivity contribution in [2.75, 3.05) is 7.11 Å². The molecule has 0 aromatic heterocycles. The molecule has 1 aliphatic rings. The number of ether oxygens (including phenoxy) is 2. The molecule has 3 rings (SSSR count). The lowest BCUT2D eigenvalue weighted by atomic mass is 9.86. The maximum atomic E-state index is 12.9. The first-order valence-corrected chi connectivity index (χ1v) is 7.02. The highest BCUT2D eigenvalue weighted by Gasteiger charge is 2.28. The summed E-state index contributed by atoms with van der Waals surface area (Å²) in [7, 11) is 1.66. The summed E-state index contributed by atoms with van der Waals surface area (Å²) in [6.07, 6.45) is 1.63. The van der Waals surface area contributed by atoms with E-state index in [0.717, 1.165) is 24.2 Å². The maximum absolute atomic E-state index is 12.9. The number of methoxy groups -OCH3 is 1. The van der Waals surface area contributed by atoms with Crippen LogP contribution in [0.25, 0.3) is 0 Å². The molecule has 0 fully saturated rings. The van der Waals surface area contributed by atoms with Crippen molar-refractivity contribution in [3.63, 3.8) is 0 Å². The van der Waals surface area contributed by atoms with Crippen LogP contribution in [0.5, 0.6) is 11.5 Å². The second-order valence-corrected chi connectivity index (χ2v) is 5.24. The monoisotopic (exact) mass is 287 g/mol. The van der Waals surface area contributed by atoms with Crippen LogP contribution in [0.3, 0.4) is 0 Å². The van der Waals surface area contributed by atoms with Crippen molar-refractivity contribution in [3.05, 3.63) is 59.4 Å². The van der Waals surface area contributed by atoms with E-state index in [-0.39, 0.29) is 18.0 Å². The zero-order valence-corrected chi connectivity index (χ0v) is 11.9. The molecule has 2 unspecified atom stereocenters. The van der Waals surface area contributed by atoms with Gasteiger partial charge in [0.05, 0.1) is 13.2 Å². The number of fused-ring (bicyclic) bond motifs is 1. The predicted octanol–water partition coefficient (Wildman–Crippen LogP) is 3.23. The summed E-state index contributed by atoms with van der Waals surface area (Å²) in [6, 6.07) is 11.8. The van der Waals surface area contributed by atoms with E-state index < -0.39 is 0 Å². The Morgan fingerprint density at radius 2 is 1.81 bits per heavy atom. The Hall–Kier alpha value is -2.07. The van der Waals surface area contributed by atoms with E-state index in [1.165, 1.54) is 17.7 Å². The van der Waals surface area contributed by atoms with E-state index in [2.05, 4.69) is 0 Å². The molecule has 110 valence electrons. The van der Waals surface area contributed by atoms with Crippen LogP contribution in [0, 0.1) is 5.82 Å². The Bertz CT molecular complexity index is 627. The third-order valence-corrected chi connectivity index (χ3v) is 3.91. The number of benzene rings is 2. The van der Waals surface area contributed by atoms with Gasteiger partial charge in [0.25, 0.3) is 0 Å². The highest BCUT2D eigenvalue weighted by atomic mass is 19.1. The molecule has 3 nitrogen and oxygen atoms in total. The topological polar surface area (TPSA) is 44.5 Å². The van der Waals surface area contributed by atoms with Crippen molar-refractivity contribution in [2.45, 2.75) is 25.0 Å². The molecule has 0 amide bonds. The molecule has 0 spiro atoms. The molecule has 2 aromatic rings. The fourth-order valence-electron chi connectivity index (χ4n) is 2.75. The summed E-state index contributed by atoms with van der Waals surface area (Å²) >= 11 is 0. The highest BCUT2D eigenvalue weighted by Crippen LogP contribution is 2.33. The molecular formula is C17H18FNO2. The summed E-state index contributed by atoms with van der Waals surface area (Å²) in [5, 5.41) is 0. The van der Waals surface area contributed by atoms with Crippen LogP contribution in [0.2, 0.25) is 0 Å². The Morgan fingerprint density at radius 3 is 2.52 bits per heavy atom. The van der Waals surface area contributed by atoms with E-state index in [0.29, 0.717) is 5.75 Å². The van der Waals surface area contributed by atoms with Crippen molar-refractivity contribution in [2.24, 2.45) is 5.73 Å². The molecule has 2 aromatic carbocycles. The Kier molecular flexibility index (Phi) is 3.80. The van der Waals surface area contributed by atoms with Crippen molar-refractivity contribution in [1.29, 1.82) is 0 Å². The van der Waals surface area contributed by atoms with E-state index in [1.54, 1.807) is 19.2 Å². The normalized spacial score (nSPS) is 20.7. The lowest BCUT2D eigenvalue weighted by Crippen LogP contribution is -2.35. The van der Waals surface area contributed by atoms with Gasteiger partial charge in [-0.15, -0.1) is 0 Å². The van der Waals surface area contributed by atoms with Crippen LogP contribution in [0.4, 0.5) is 4.39 Å². The number of hydrogen-bond acceptors (Lipinski definition) is 3. The Balaban J connectivity index is 1.78. The van der Waals surface area contributed by atoms with Crippen LogP contribution < -0.4 is 15.2 Å². The zero-order chi connectivity index (χ0) is 14.8. The first-order valence-electron chi connectivity index (χ1n) is 7.02. The summed E-state index contributed by atoms with van der Waals surface area (Å²) in [5.41, 5.74) is 8.62. The molecule has 2 N–H and O–H groups in total. The van der Waals surface area contributed by atoms with Gasteiger partial charge in [-0.2, -0.15) is 0 Å². The number of aryl methyl sites for hydroxylation is 1. The first-order chi connectivity index (χ1) is 10.2. The smallest absolute Gasteiger partial charge is 0.123 e. The molecule has 0 aliphatic heterocycles. The van der Waals surface area contributed by atoms with E-state index in [9.17, 15) is 4.39 Å². The third kappa shape index (κ3) is 2.85. The molecule has 4 heteroatoms. The first kappa shape index (κ1) is 13.9. The second-order valence-electron chi connectivity index (χ2n) is 5.24. The van der Waals surface area contributed by atoms with Crippen LogP contribution in [0.1, 0.15) is 23.6 Å². The molecule has 0 radical (unpaired) electrons. The number of halogens is 1. The minimum absolute atomic E-state index is 0.101. The van der Waals surface area contributed by atoms with Gasteiger partial charge >= 0.3 is 0 Å². The quantitative estimate of drug-likeness (QED) is 0.942. The summed E-state index contributed by atoms with van der Waals surface area (Å²) in [5.74, 6) is 1.22. The van der Waals surface area contributed by atoms with E-state index in [1.807, 2.05) is 18.2 Å². The van der Waals surface area contributed by atoms with Crippen LogP contribution in [-0.2, 0) is 6.42 Å². The van der Waals surface area contributed by atoms with E-state index in [4.69, 9.17) is 15.2 Å². The molecule has 21 heavy (non-hydrogen) atoms. The number of rotatable bonds is 3. The molecule has 0 saturated carbocycles. The zero-order valence-electron chi connectivity index (χ0n) is 11.9. The average Bonchev–Trinajstić information content (AvgIpc) is 2.52. The average molecular weight is 287 g/mol. The maximum Gasteiger partial charge on any atom is 0.123 e. The van der Waals surface area contributed by atoms with Crippen LogP contribution in [-0.4, -0.2) is 13.2 Å². The van der Waals surface area contributed by atoms with Gasteiger partial charge in [0.2, 0.25) is 0 Å². The van der Waals surface area contributed by atoms with Gasteiger partial charge in [-0.05, 0) is 60.4 Å². The molecular weight excluding hydrogens is 269 g/mol. The minimum Gasteiger partial charge on any atom is -0.497 e. The Morgan fingerprint density at radius 1 is 1.10 bits per heavy atom. The van der Waals surface area contributed by atoms with E-state index >= 15 is 0 Å². The SMILES string of the molecule is COc1ccc2c(c1)CCC(Oc1ccc(F)cc1)C2N. The van der Waals surface area contributed by atoms with Crippen molar-refractivity contribution < 1.29 is 13.9 Å². The van der Waals surface area contributed by atoms with Gasteiger partial charge < -0.3 is 15.2 Å². The molecule has 0 heterocycles. The highest BCUT2D eigenvalue weighted by molar-refractivity contribution is 5.40.